The van der Waals surface area contributed by atoms with Crippen molar-refractivity contribution in [2.24, 2.45) is 0 Å². The maximum atomic E-state index is 12.2. The van der Waals surface area contributed by atoms with E-state index in [1.807, 2.05) is 49.4 Å². The first-order valence-electron chi connectivity index (χ1n) is 9.08. The number of esters is 1. The van der Waals surface area contributed by atoms with Crippen molar-refractivity contribution in [1.82, 2.24) is 15.0 Å². The third kappa shape index (κ3) is 4.62. The molecule has 0 aliphatic carbocycles. The van der Waals surface area contributed by atoms with E-state index in [4.69, 9.17) is 4.74 Å². The van der Waals surface area contributed by atoms with Gasteiger partial charge in [-0.3, -0.25) is 4.98 Å². The molecule has 0 atom stereocenters. The minimum atomic E-state index is -0.459. The molecule has 142 valence electrons. The number of aromatic nitrogens is 3. The first-order valence-corrected chi connectivity index (χ1v) is 9.08. The number of pyridine rings is 1. The first kappa shape index (κ1) is 18.3. The van der Waals surface area contributed by atoms with Gasteiger partial charge in [0.15, 0.2) is 0 Å². The van der Waals surface area contributed by atoms with Crippen LogP contribution >= 0.6 is 0 Å². The lowest BCUT2D eigenvalue weighted by atomic mass is 10.1. The van der Waals surface area contributed by atoms with Crippen LogP contribution in [0, 0.1) is 6.92 Å². The fourth-order valence-corrected chi connectivity index (χ4v) is 2.82. The fraction of sp³-hybridized carbons (Fsp3) is 0.0435. The monoisotopic (exact) mass is 382 g/mol. The molecule has 29 heavy (non-hydrogen) atoms. The molecule has 2 aromatic carbocycles. The molecule has 0 saturated carbocycles. The Morgan fingerprint density at radius 3 is 2.59 bits per heavy atom. The summed E-state index contributed by atoms with van der Waals surface area (Å²) in [6.45, 7) is 1.85. The summed E-state index contributed by atoms with van der Waals surface area (Å²) >= 11 is 0. The van der Waals surface area contributed by atoms with Crippen LogP contribution in [0.3, 0.4) is 0 Å². The summed E-state index contributed by atoms with van der Waals surface area (Å²) in [6.07, 6.45) is 3.08. The Kier molecular flexibility index (Phi) is 5.25. The third-order valence-electron chi connectivity index (χ3n) is 4.12. The highest BCUT2D eigenvalue weighted by atomic mass is 16.5. The highest BCUT2D eigenvalue weighted by Gasteiger charge is 2.09. The summed E-state index contributed by atoms with van der Waals surface area (Å²) in [5.74, 6) is 1.29. The Morgan fingerprint density at radius 2 is 1.79 bits per heavy atom. The molecule has 2 aromatic heterocycles. The molecule has 0 bridgehead atoms. The van der Waals surface area contributed by atoms with Crippen molar-refractivity contribution < 1.29 is 9.53 Å². The molecule has 0 saturated heterocycles. The molecular formula is C23H18N4O2. The summed E-state index contributed by atoms with van der Waals surface area (Å²) in [5, 5.41) is 3.25. The largest absolute Gasteiger partial charge is 0.423 e. The summed E-state index contributed by atoms with van der Waals surface area (Å²) in [7, 11) is 0. The molecule has 4 aromatic rings. The SMILES string of the molecule is Cc1nc(Nc2cccc(OC(=O)c3cccnc3)c2)cc(-c2ccccc2)n1. The molecule has 2 heterocycles. The van der Waals surface area contributed by atoms with Gasteiger partial charge in [-0.1, -0.05) is 36.4 Å². The van der Waals surface area contributed by atoms with Gasteiger partial charge in [-0.05, 0) is 31.2 Å². The maximum absolute atomic E-state index is 12.2. The van der Waals surface area contributed by atoms with E-state index in [1.54, 1.807) is 36.5 Å². The van der Waals surface area contributed by atoms with E-state index < -0.39 is 5.97 Å². The molecular weight excluding hydrogens is 364 g/mol. The van der Waals surface area contributed by atoms with Crippen LogP contribution in [0.5, 0.6) is 5.75 Å². The summed E-state index contributed by atoms with van der Waals surface area (Å²) in [4.78, 5) is 25.1. The summed E-state index contributed by atoms with van der Waals surface area (Å²) in [5.41, 5.74) is 2.99. The maximum Gasteiger partial charge on any atom is 0.345 e. The Hall–Kier alpha value is -4.06. The Bertz CT molecular complexity index is 1130. The number of carbonyl (C=O) groups excluding carboxylic acids is 1. The second kappa shape index (κ2) is 8.31. The molecule has 0 amide bonds. The lowest BCUT2D eigenvalue weighted by molar-refractivity contribution is 0.0734. The van der Waals surface area contributed by atoms with Gasteiger partial charge in [0.25, 0.3) is 0 Å². The topological polar surface area (TPSA) is 77.0 Å². The number of aryl methyl sites for hydroxylation is 1. The van der Waals surface area contributed by atoms with E-state index in [0.717, 1.165) is 16.9 Å². The van der Waals surface area contributed by atoms with Gasteiger partial charge in [-0.15, -0.1) is 0 Å². The fourth-order valence-electron chi connectivity index (χ4n) is 2.82. The van der Waals surface area contributed by atoms with Crippen LogP contribution in [0.1, 0.15) is 16.2 Å². The van der Waals surface area contributed by atoms with Crippen LogP contribution in [0.25, 0.3) is 11.3 Å². The number of anilines is 2. The number of hydrogen-bond acceptors (Lipinski definition) is 6. The predicted octanol–water partition coefficient (Wildman–Crippen LogP) is 4.81. The standard InChI is InChI=1S/C23H18N4O2/c1-16-25-21(17-7-3-2-4-8-17)14-22(26-16)27-19-10-5-11-20(13-19)29-23(28)18-9-6-12-24-15-18/h2-15H,1H3,(H,25,26,27). The van der Waals surface area contributed by atoms with Gasteiger partial charge in [0, 0.05) is 35.8 Å². The van der Waals surface area contributed by atoms with Crippen LogP contribution < -0.4 is 10.1 Å². The molecule has 6 heteroatoms. The number of carbonyl (C=O) groups is 1. The molecule has 1 N–H and O–H groups in total. The first-order chi connectivity index (χ1) is 14.2. The van der Waals surface area contributed by atoms with Crippen molar-refractivity contribution in [2.45, 2.75) is 6.92 Å². The highest BCUT2D eigenvalue weighted by molar-refractivity contribution is 5.90. The van der Waals surface area contributed by atoms with Crippen molar-refractivity contribution in [1.29, 1.82) is 0 Å². The summed E-state index contributed by atoms with van der Waals surface area (Å²) in [6, 6.07) is 22.3. The lowest BCUT2D eigenvalue weighted by Gasteiger charge is -2.10. The van der Waals surface area contributed by atoms with Crippen LogP contribution in [-0.4, -0.2) is 20.9 Å². The third-order valence-corrected chi connectivity index (χ3v) is 4.12. The second-order valence-corrected chi connectivity index (χ2v) is 6.34. The van der Waals surface area contributed by atoms with Crippen LogP contribution in [0.4, 0.5) is 11.5 Å². The number of rotatable bonds is 5. The molecule has 0 fully saturated rings. The van der Waals surface area contributed by atoms with E-state index in [0.29, 0.717) is 23.0 Å². The minimum absolute atomic E-state index is 0.393. The molecule has 0 aliphatic heterocycles. The average molecular weight is 382 g/mol. The van der Waals surface area contributed by atoms with Gasteiger partial charge >= 0.3 is 5.97 Å². The molecule has 0 spiro atoms. The van der Waals surface area contributed by atoms with Gasteiger partial charge in [-0.25, -0.2) is 14.8 Å². The van der Waals surface area contributed by atoms with Gasteiger partial charge in [0.2, 0.25) is 0 Å². The van der Waals surface area contributed by atoms with Crippen LogP contribution in [0.2, 0.25) is 0 Å². The second-order valence-electron chi connectivity index (χ2n) is 6.34. The quantitative estimate of drug-likeness (QED) is 0.394. The zero-order chi connectivity index (χ0) is 20.1. The average Bonchev–Trinajstić information content (AvgIpc) is 2.75. The Labute approximate surface area is 168 Å². The normalized spacial score (nSPS) is 10.4. The van der Waals surface area contributed by atoms with Crippen molar-refractivity contribution in [3.63, 3.8) is 0 Å². The lowest BCUT2D eigenvalue weighted by Crippen LogP contribution is -2.08. The molecule has 0 radical (unpaired) electrons. The van der Waals surface area contributed by atoms with Gasteiger partial charge < -0.3 is 10.1 Å². The van der Waals surface area contributed by atoms with E-state index in [1.165, 1.54) is 6.20 Å². The highest BCUT2D eigenvalue weighted by Crippen LogP contribution is 2.24. The Morgan fingerprint density at radius 1 is 0.931 bits per heavy atom. The number of nitrogens with one attached hydrogen (secondary N) is 1. The zero-order valence-electron chi connectivity index (χ0n) is 15.7. The Balaban J connectivity index is 1.54. The minimum Gasteiger partial charge on any atom is -0.423 e. The predicted molar refractivity (Wildman–Crippen MR) is 111 cm³/mol. The van der Waals surface area contributed by atoms with Crippen molar-refractivity contribution >= 4 is 17.5 Å². The molecule has 0 unspecified atom stereocenters. The van der Waals surface area contributed by atoms with Crippen molar-refractivity contribution in [2.75, 3.05) is 5.32 Å². The van der Waals surface area contributed by atoms with Gasteiger partial charge in [0.05, 0.1) is 11.3 Å². The number of hydrogen-bond donors (Lipinski definition) is 1. The zero-order valence-corrected chi connectivity index (χ0v) is 15.7. The van der Waals surface area contributed by atoms with E-state index in [9.17, 15) is 4.79 Å². The number of ether oxygens (including phenoxy) is 1. The van der Waals surface area contributed by atoms with Crippen LogP contribution in [0.15, 0.2) is 85.2 Å². The van der Waals surface area contributed by atoms with E-state index in [-0.39, 0.29) is 0 Å². The van der Waals surface area contributed by atoms with Crippen LogP contribution in [-0.2, 0) is 0 Å². The molecule has 6 nitrogen and oxygen atoms in total. The van der Waals surface area contributed by atoms with Gasteiger partial charge in [0.1, 0.15) is 17.4 Å². The van der Waals surface area contributed by atoms with Crippen molar-refractivity contribution in [3.05, 3.63) is 96.6 Å². The number of nitrogens with zero attached hydrogens (tertiary/aromatic N) is 3. The number of benzene rings is 2. The van der Waals surface area contributed by atoms with Crippen molar-refractivity contribution in [3.8, 4) is 17.0 Å². The molecule has 0 aliphatic rings. The van der Waals surface area contributed by atoms with E-state index in [2.05, 4.69) is 20.3 Å². The summed E-state index contributed by atoms with van der Waals surface area (Å²) < 4.78 is 5.44. The molecule has 4 rings (SSSR count). The van der Waals surface area contributed by atoms with E-state index >= 15 is 0 Å². The smallest absolute Gasteiger partial charge is 0.345 e. The van der Waals surface area contributed by atoms with Gasteiger partial charge in [-0.2, -0.15) is 0 Å².